The average molecular weight is 300 g/mol. The largest absolute Gasteiger partial charge is 0.481 e. The van der Waals surface area contributed by atoms with Crippen LogP contribution in [0.25, 0.3) is 5.52 Å². The van der Waals surface area contributed by atoms with Crippen LogP contribution in [0.3, 0.4) is 0 Å². The molecule has 0 radical (unpaired) electrons. The Kier molecular flexibility index (Phi) is 4.13. The van der Waals surface area contributed by atoms with Crippen LogP contribution in [-0.4, -0.2) is 27.4 Å². The number of pyridine rings is 1. The summed E-state index contributed by atoms with van der Waals surface area (Å²) < 4.78 is 1.89. The summed E-state index contributed by atoms with van der Waals surface area (Å²) in [7, 11) is 0. The van der Waals surface area contributed by atoms with Gasteiger partial charge in [-0.05, 0) is 31.0 Å². The molecule has 116 valence electrons. The lowest BCUT2D eigenvalue weighted by Gasteiger charge is -2.22. The van der Waals surface area contributed by atoms with E-state index in [2.05, 4.69) is 5.32 Å². The molecule has 0 bridgehead atoms. The zero-order valence-corrected chi connectivity index (χ0v) is 12.4. The van der Waals surface area contributed by atoms with E-state index >= 15 is 0 Å². The van der Waals surface area contributed by atoms with Gasteiger partial charge in [0.1, 0.15) is 0 Å². The first-order valence-electron chi connectivity index (χ1n) is 7.75. The second-order valence-electron chi connectivity index (χ2n) is 5.92. The number of hydrogen-bond acceptors (Lipinski definition) is 2. The standard InChI is InChI=1S/C17H20N2O3/c20-16(12-10-13-6-4-5-9-19(13)11-12)18-15-8-3-1-2-7-14(15)17(21)22/h4-6,9-11,14-15H,1-3,7-8H2,(H,18,20)(H,21,22)/t14-,15+/m1/s1. The van der Waals surface area contributed by atoms with Crippen molar-refractivity contribution in [3.63, 3.8) is 0 Å². The molecule has 22 heavy (non-hydrogen) atoms. The van der Waals surface area contributed by atoms with Crippen LogP contribution in [0.2, 0.25) is 0 Å². The lowest BCUT2D eigenvalue weighted by atomic mass is 9.94. The summed E-state index contributed by atoms with van der Waals surface area (Å²) in [5.41, 5.74) is 1.52. The molecule has 1 saturated carbocycles. The number of aliphatic carboxylic acids is 1. The number of carbonyl (C=O) groups is 2. The minimum Gasteiger partial charge on any atom is -0.481 e. The summed E-state index contributed by atoms with van der Waals surface area (Å²) in [4.78, 5) is 23.9. The Morgan fingerprint density at radius 3 is 2.77 bits per heavy atom. The molecule has 2 N–H and O–H groups in total. The van der Waals surface area contributed by atoms with Crippen molar-refractivity contribution >= 4 is 17.4 Å². The predicted molar refractivity (Wildman–Crippen MR) is 82.9 cm³/mol. The fourth-order valence-corrected chi connectivity index (χ4v) is 3.21. The average Bonchev–Trinajstić information content (AvgIpc) is 2.80. The van der Waals surface area contributed by atoms with Gasteiger partial charge in [-0.2, -0.15) is 0 Å². The van der Waals surface area contributed by atoms with Crippen molar-refractivity contribution in [2.24, 2.45) is 5.92 Å². The second kappa shape index (κ2) is 6.22. The van der Waals surface area contributed by atoms with E-state index in [4.69, 9.17) is 0 Å². The van der Waals surface area contributed by atoms with Crippen molar-refractivity contribution in [1.82, 2.24) is 9.72 Å². The molecular weight excluding hydrogens is 280 g/mol. The maximum absolute atomic E-state index is 12.4. The van der Waals surface area contributed by atoms with Gasteiger partial charge in [0.05, 0.1) is 11.5 Å². The molecule has 1 amide bonds. The van der Waals surface area contributed by atoms with Crippen LogP contribution >= 0.6 is 0 Å². The van der Waals surface area contributed by atoms with Crippen LogP contribution in [0.5, 0.6) is 0 Å². The van der Waals surface area contributed by atoms with Gasteiger partial charge in [0, 0.05) is 24.0 Å². The van der Waals surface area contributed by atoms with Crippen molar-refractivity contribution < 1.29 is 14.7 Å². The molecule has 0 unspecified atom stereocenters. The molecule has 5 nitrogen and oxygen atoms in total. The molecule has 3 rings (SSSR count). The third-order valence-corrected chi connectivity index (χ3v) is 4.42. The van der Waals surface area contributed by atoms with Crippen LogP contribution < -0.4 is 5.32 Å². The predicted octanol–water partition coefficient (Wildman–Crippen LogP) is 2.70. The number of nitrogens with one attached hydrogen (secondary N) is 1. The molecule has 2 aromatic rings. The summed E-state index contributed by atoms with van der Waals surface area (Å²) >= 11 is 0. The number of aromatic nitrogens is 1. The smallest absolute Gasteiger partial charge is 0.308 e. The van der Waals surface area contributed by atoms with Crippen LogP contribution in [0.4, 0.5) is 0 Å². The Morgan fingerprint density at radius 1 is 1.18 bits per heavy atom. The quantitative estimate of drug-likeness (QED) is 0.856. The first-order chi connectivity index (χ1) is 10.6. The SMILES string of the molecule is O=C(N[C@H]1CCCCC[C@H]1C(=O)O)c1cc2ccccn2c1. The monoisotopic (exact) mass is 300 g/mol. The molecular formula is C17H20N2O3. The maximum Gasteiger partial charge on any atom is 0.308 e. The van der Waals surface area contributed by atoms with Crippen LogP contribution in [0, 0.1) is 5.92 Å². The number of hydrogen-bond donors (Lipinski definition) is 2. The van der Waals surface area contributed by atoms with E-state index < -0.39 is 11.9 Å². The third-order valence-electron chi connectivity index (χ3n) is 4.42. The Labute approximate surface area is 128 Å². The Balaban J connectivity index is 1.77. The minimum atomic E-state index is -0.811. The number of rotatable bonds is 3. The summed E-state index contributed by atoms with van der Waals surface area (Å²) in [6, 6.07) is 7.29. The van der Waals surface area contributed by atoms with E-state index in [0.29, 0.717) is 12.0 Å². The highest BCUT2D eigenvalue weighted by molar-refractivity contribution is 5.96. The molecule has 0 spiro atoms. The molecule has 2 atom stereocenters. The molecule has 0 saturated heterocycles. The Bertz CT molecular complexity index is 659. The van der Waals surface area contributed by atoms with E-state index in [0.717, 1.165) is 31.2 Å². The lowest BCUT2D eigenvalue weighted by molar-refractivity contribution is -0.142. The van der Waals surface area contributed by atoms with Crippen LogP contribution in [0.1, 0.15) is 42.5 Å². The normalized spacial score (nSPS) is 22.2. The van der Waals surface area contributed by atoms with Crippen molar-refractivity contribution in [1.29, 1.82) is 0 Å². The maximum atomic E-state index is 12.4. The van der Waals surface area contributed by atoms with Gasteiger partial charge in [-0.15, -0.1) is 0 Å². The molecule has 1 fully saturated rings. The van der Waals surface area contributed by atoms with Gasteiger partial charge in [0.25, 0.3) is 5.91 Å². The molecule has 2 aromatic heterocycles. The zero-order valence-electron chi connectivity index (χ0n) is 12.4. The zero-order chi connectivity index (χ0) is 15.5. The molecule has 2 heterocycles. The molecule has 1 aliphatic carbocycles. The van der Waals surface area contributed by atoms with Crippen molar-refractivity contribution in [3.05, 3.63) is 42.2 Å². The summed E-state index contributed by atoms with van der Waals surface area (Å²) in [6.07, 6.45) is 7.95. The van der Waals surface area contributed by atoms with E-state index in [1.54, 1.807) is 6.20 Å². The number of carboxylic acids is 1. The third kappa shape index (κ3) is 2.98. The number of nitrogens with zero attached hydrogens (tertiary/aromatic N) is 1. The lowest BCUT2D eigenvalue weighted by Crippen LogP contribution is -2.42. The van der Waals surface area contributed by atoms with E-state index in [1.807, 2.05) is 34.9 Å². The highest BCUT2D eigenvalue weighted by atomic mass is 16.4. The van der Waals surface area contributed by atoms with Gasteiger partial charge in [-0.3, -0.25) is 9.59 Å². The molecule has 1 aliphatic rings. The van der Waals surface area contributed by atoms with Gasteiger partial charge in [-0.25, -0.2) is 0 Å². The minimum absolute atomic E-state index is 0.193. The Morgan fingerprint density at radius 2 is 2.00 bits per heavy atom. The number of fused-ring (bicyclic) bond motifs is 1. The molecule has 5 heteroatoms. The highest BCUT2D eigenvalue weighted by Gasteiger charge is 2.30. The van der Waals surface area contributed by atoms with E-state index in [1.165, 1.54) is 0 Å². The van der Waals surface area contributed by atoms with E-state index in [9.17, 15) is 14.7 Å². The first kappa shape index (κ1) is 14.6. The number of carboxylic acid groups (broad SMARTS) is 1. The van der Waals surface area contributed by atoms with Gasteiger partial charge in [-0.1, -0.05) is 25.3 Å². The summed E-state index contributed by atoms with van der Waals surface area (Å²) in [6.45, 7) is 0. The van der Waals surface area contributed by atoms with Crippen molar-refractivity contribution in [2.75, 3.05) is 0 Å². The fraction of sp³-hybridized carbons (Fsp3) is 0.412. The van der Waals surface area contributed by atoms with Gasteiger partial charge >= 0.3 is 5.97 Å². The van der Waals surface area contributed by atoms with Crippen molar-refractivity contribution in [2.45, 2.75) is 38.1 Å². The molecule has 0 aliphatic heterocycles. The summed E-state index contributed by atoms with van der Waals surface area (Å²) in [5, 5.41) is 12.3. The number of amides is 1. The van der Waals surface area contributed by atoms with Gasteiger partial charge in [0.15, 0.2) is 0 Å². The van der Waals surface area contributed by atoms with Crippen LogP contribution in [0.15, 0.2) is 36.7 Å². The van der Waals surface area contributed by atoms with Crippen LogP contribution in [-0.2, 0) is 4.79 Å². The first-order valence-corrected chi connectivity index (χ1v) is 7.75. The summed E-state index contributed by atoms with van der Waals surface area (Å²) in [5.74, 6) is -1.49. The topological polar surface area (TPSA) is 70.8 Å². The Hall–Kier alpha value is -2.30. The van der Waals surface area contributed by atoms with Gasteiger partial charge < -0.3 is 14.8 Å². The second-order valence-corrected chi connectivity index (χ2v) is 5.92. The van der Waals surface area contributed by atoms with Crippen molar-refractivity contribution in [3.8, 4) is 0 Å². The van der Waals surface area contributed by atoms with Gasteiger partial charge in [0.2, 0.25) is 0 Å². The molecule has 0 aromatic carbocycles. The highest BCUT2D eigenvalue weighted by Crippen LogP contribution is 2.24. The fourth-order valence-electron chi connectivity index (χ4n) is 3.21. The number of carbonyl (C=O) groups excluding carboxylic acids is 1. The van der Waals surface area contributed by atoms with E-state index in [-0.39, 0.29) is 11.9 Å².